The number of halogens is 1. The number of ether oxygens (including phenoxy) is 2. The molecular formula is C25H22BrN3O3S2. The number of thiazole rings is 1. The summed E-state index contributed by atoms with van der Waals surface area (Å²) in [4.78, 5) is 17.5. The van der Waals surface area contributed by atoms with Gasteiger partial charge in [0.15, 0.2) is 5.11 Å². The van der Waals surface area contributed by atoms with Gasteiger partial charge >= 0.3 is 0 Å². The van der Waals surface area contributed by atoms with Crippen molar-refractivity contribution in [1.29, 1.82) is 0 Å². The van der Waals surface area contributed by atoms with Gasteiger partial charge in [-0.3, -0.25) is 10.1 Å². The Bertz CT molecular complexity index is 1340. The predicted octanol–water partition coefficient (Wildman–Crippen LogP) is 6.19. The minimum atomic E-state index is -0.368. The maximum atomic E-state index is 12.8. The molecule has 34 heavy (non-hydrogen) atoms. The largest absolute Gasteiger partial charge is 0.490 e. The van der Waals surface area contributed by atoms with Crippen LogP contribution in [-0.4, -0.2) is 36.3 Å². The van der Waals surface area contributed by atoms with Gasteiger partial charge in [0.2, 0.25) is 0 Å². The number of methoxy groups -OCH3 is 1. The number of nitrogens with zero attached hydrogens (tertiary/aromatic N) is 1. The monoisotopic (exact) mass is 555 g/mol. The van der Waals surface area contributed by atoms with E-state index in [4.69, 9.17) is 26.7 Å². The molecule has 0 aliphatic heterocycles. The smallest absolute Gasteiger partial charge is 0.261 e. The molecule has 1 amide bonds. The van der Waals surface area contributed by atoms with Gasteiger partial charge in [0.05, 0.1) is 22.4 Å². The number of amides is 1. The molecule has 0 atom stereocenters. The summed E-state index contributed by atoms with van der Waals surface area (Å²) in [5, 5.41) is 6.91. The normalized spacial score (nSPS) is 10.8. The quantitative estimate of drug-likeness (QED) is 0.209. The van der Waals surface area contributed by atoms with E-state index in [1.807, 2.05) is 36.4 Å². The standard InChI is InChI=1S/C25H22BrN3O3S2/c1-15-3-9-20-22(13-15)34-24(28-20)16-4-7-18(8-5-16)27-25(33)29-23(30)19-14-17(26)6-10-21(19)32-12-11-31-2/h3-10,13-14H,11-12H2,1-2H3,(H2,27,29,30,33). The Balaban J connectivity index is 1.41. The van der Waals surface area contributed by atoms with E-state index in [1.165, 1.54) is 10.3 Å². The van der Waals surface area contributed by atoms with Gasteiger partial charge in [-0.15, -0.1) is 11.3 Å². The number of aromatic nitrogens is 1. The fourth-order valence-corrected chi connectivity index (χ4v) is 4.87. The van der Waals surface area contributed by atoms with Crippen LogP contribution in [0.2, 0.25) is 0 Å². The van der Waals surface area contributed by atoms with Gasteiger partial charge in [-0.25, -0.2) is 4.98 Å². The van der Waals surface area contributed by atoms with E-state index in [2.05, 4.69) is 45.6 Å². The van der Waals surface area contributed by atoms with Gasteiger partial charge in [0, 0.05) is 22.8 Å². The first-order valence-electron chi connectivity index (χ1n) is 10.4. The van der Waals surface area contributed by atoms with Crippen LogP contribution in [0.5, 0.6) is 5.75 Å². The third-order valence-electron chi connectivity index (χ3n) is 4.89. The van der Waals surface area contributed by atoms with Gasteiger partial charge in [0.25, 0.3) is 5.91 Å². The molecule has 6 nitrogen and oxygen atoms in total. The summed E-state index contributed by atoms with van der Waals surface area (Å²) in [6.07, 6.45) is 0. The lowest BCUT2D eigenvalue weighted by molar-refractivity contribution is 0.0969. The predicted molar refractivity (Wildman–Crippen MR) is 145 cm³/mol. The molecule has 0 aliphatic carbocycles. The molecule has 4 rings (SSSR count). The summed E-state index contributed by atoms with van der Waals surface area (Å²) in [5.74, 6) is 0.0866. The Kier molecular flexibility index (Phi) is 7.89. The highest BCUT2D eigenvalue weighted by atomic mass is 79.9. The number of carbonyl (C=O) groups is 1. The van der Waals surface area contributed by atoms with E-state index in [9.17, 15) is 4.79 Å². The van der Waals surface area contributed by atoms with E-state index < -0.39 is 0 Å². The number of hydrogen-bond donors (Lipinski definition) is 2. The maximum absolute atomic E-state index is 12.8. The third kappa shape index (κ3) is 5.98. The fourth-order valence-electron chi connectivity index (χ4n) is 3.22. The molecule has 1 heterocycles. The Morgan fingerprint density at radius 2 is 1.88 bits per heavy atom. The number of anilines is 1. The minimum absolute atomic E-state index is 0.191. The lowest BCUT2D eigenvalue weighted by Crippen LogP contribution is -2.34. The maximum Gasteiger partial charge on any atom is 0.261 e. The van der Waals surface area contributed by atoms with Crippen LogP contribution in [0.25, 0.3) is 20.8 Å². The number of thiocarbonyl (C=S) groups is 1. The molecule has 0 radical (unpaired) electrons. The highest BCUT2D eigenvalue weighted by molar-refractivity contribution is 9.10. The zero-order chi connectivity index (χ0) is 24.1. The van der Waals surface area contributed by atoms with Crippen LogP contribution in [0.1, 0.15) is 15.9 Å². The Labute approximate surface area is 215 Å². The van der Waals surface area contributed by atoms with E-state index in [-0.39, 0.29) is 11.0 Å². The molecule has 0 unspecified atom stereocenters. The van der Waals surface area contributed by atoms with E-state index in [0.717, 1.165) is 26.2 Å². The second kappa shape index (κ2) is 11.1. The zero-order valence-corrected chi connectivity index (χ0v) is 21.8. The number of nitrogens with one attached hydrogen (secondary N) is 2. The van der Waals surface area contributed by atoms with E-state index in [0.29, 0.717) is 24.5 Å². The van der Waals surface area contributed by atoms with Crippen LogP contribution in [0.3, 0.4) is 0 Å². The van der Waals surface area contributed by atoms with Gasteiger partial charge in [-0.1, -0.05) is 22.0 Å². The molecule has 0 fully saturated rings. The van der Waals surface area contributed by atoms with Crippen molar-refractivity contribution in [3.05, 3.63) is 76.3 Å². The number of rotatable bonds is 7. The van der Waals surface area contributed by atoms with Gasteiger partial charge in [-0.2, -0.15) is 0 Å². The van der Waals surface area contributed by atoms with Crippen LogP contribution in [0, 0.1) is 6.92 Å². The molecule has 3 aromatic carbocycles. The first kappa shape index (κ1) is 24.3. The molecule has 2 N–H and O–H groups in total. The molecule has 174 valence electrons. The van der Waals surface area contributed by atoms with Gasteiger partial charge < -0.3 is 14.8 Å². The Morgan fingerprint density at radius 1 is 1.09 bits per heavy atom. The van der Waals surface area contributed by atoms with Crippen molar-refractivity contribution in [3.8, 4) is 16.3 Å². The first-order chi connectivity index (χ1) is 16.4. The summed E-state index contributed by atoms with van der Waals surface area (Å²) in [6.45, 7) is 2.83. The summed E-state index contributed by atoms with van der Waals surface area (Å²) < 4.78 is 12.6. The number of carbonyl (C=O) groups excluding carboxylic acids is 1. The average molecular weight is 557 g/mol. The number of hydrogen-bond acceptors (Lipinski definition) is 6. The molecule has 0 aliphatic rings. The fraction of sp³-hybridized carbons (Fsp3) is 0.160. The van der Waals surface area contributed by atoms with Crippen molar-refractivity contribution in [1.82, 2.24) is 10.3 Å². The number of aryl methyl sites for hydroxylation is 1. The van der Waals surface area contributed by atoms with E-state index >= 15 is 0 Å². The molecule has 1 aromatic heterocycles. The van der Waals surface area contributed by atoms with Crippen molar-refractivity contribution in [3.63, 3.8) is 0 Å². The van der Waals surface area contributed by atoms with Crippen molar-refractivity contribution in [2.75, 3.05) is 25.6 Å². The molecule has 0 spiro atoms. The summed E-state index contributed by atoms with van der Waals surface area (Å²) in [7, 11) is 1.59. The molecule has 4 aromatic rings. The van der Waals surface area contributed by atoms with Crippen LogP contribution in [-0.2, 0) is 4.74 Å². The summed E-state index contributed by atoms with van der Waals surface area (Å²) >= 11 is 10.4. The highest BCUT2D eigenvalue weighted by Crippen LogP contribution is 2.31. The minimum Gasteiger partial charge on any atom is -0.490 e. The molecule has 0 saturated carbocycles. The molecule has 0 saturated heterocycles. The summed E-state index contributed by atoms with van der Waals surface area (Å²) in [6, 6.07) is 19.3. The number of fused-ring (bicyclic) bond motifs is 1. The van der Waals surface area contributed by atoms with Gasteiger partial charge in [-0.05, 0) is 79.3 Å². The van der Waals surface area contributed by atoms with E-state index in [1.54, 1.807) is 30.6 Å². The first-order valence-corrected chi connectivity index (χ1v) is 12.5. The average Bonchev–Trinajstić information content (AvgIpc) is 3.23. The van der Waals surface area contributed by atoms with Gasteiger partial charge in [0.1, 0.15) is 17.4 Å². The summed E-state index contributed by atoms with van der Waals surface area (Å²) in [5.41, 5.74) is 4.36. The third-order valence-corrected chi connectivity index (χ3v) is 6.66. The lowest BCUT2D eigenvalue weighted by atomic mass is 10.2. The zero-order valence-electron chi connectivity index (χ0n) is 18.6. The lowest BCUT2D eigenvalue weighted by Gasteiger charge is -2.13. The Hall–Kier alpha value is -2.85. The van der Waals surface area contributed by atoms with Crippen LogP contribution in [0.4, 0.5) is 5.69 Å². The second-order valence-corrected chi connectivity index (χ2v) is 9.81. The van der Waals surface area contributed by atoms with Crippen molar-refractivity contribution in [2.45, 2.75) is 6.92 Å². The van der Waals surface area contributed by atoms with Crippen LogP contribution >= 0.6 is 39.5 Å². The SMILES string of the molecule is COCCOc1ccc(Br)cc1C(=O)NC(=S)Nc1ccc(-c2nc3ccc(C)cc3s2)cc1. The molecular weight excluding hydrogens is 534 g/mol. The van der Waals surface area contributed by atoms with Crippen LogP contribution < -0.4 is 15.4 Å². The Morgan fingerprint density at radius 3 is 2.65 bits per heavy atom. The van der Waals surface area contributed by atoms with Crippen molar-refractivity contribution in [2.24, 2.45) is 0 Å². The van der Waals surface area contributed by atoms with Crippen molar-refractivity contribution < 1.29 is 14.3 Å². The molecule has 9 heteroatoms. The van der Waals surface area contributed by atoms with Crippen LogP contribution in [0.15, 0.2) is 65.1 Å². The molecule has 0 bridgehead atoms. The van der Waals surface area contributed by atoms with Crippen molar-refractivity contribution >= 4 is 66.4 Å². The topological polar surface area (TPSA) is 72.5 Å². The highest BCUT2D eigenvalue weighted by Gasteiger charge is 2.15. The second-order valence-electron chi connectivity index (χ2n) is 7.46. The number of benzene rings is 3.